The molecule has 1 aromatic rings. The van der Waals surface area contributed by atoms with Crippen LogP contribution in [0.4, 0.5) is 0 Å². The van der Waals surface area contributed by atoms with Crippen molar-refractivity contribution in [3.8, 4) is 5.75 Å². The van der Waals surface area contributed by atoms with E-state index in [0.29, 0.717) is 26.1 Å². The number of carboxylic acids is 1. The molecule has 108 valence electrons. The van der Waals surface area contributed by atoms with Crippen LogP contribution in [0.15, 0.2) is 24.3 Å². The lowest BCUT2D eigenvalue weighted by Gasteiger charge is -2.31. The van der Waals surface area contributed by atoms with E-state index in [1.807, 2.05) is 29.2 Å². The number of hydrogen-bond donors (Lipinski definition) is 2. The quantitative estimate of drug-likeness (QED) is 0.865. The molecule has 0 spiro atoms. The highest BCUT2D eigenvalue weighted by molar-refractivity contribution is 5.74. The Morgan fingerprint density at radius 2 is 2.20 bits per heavy atom. The maximum Gasteiger partial charge on any atom is 0.321 e. The fourth-order valence-electron chi connectivity index (χ4n) is 3.23. The van der Waals surface area contributed by atoms with Crippen LogP contribution in [0, 0.1) is 0 Å². The average molecular weight is 277 g/mol. The zero-order valence-corrected chi connectivity index (χ0v) is 11.2. The number of fused-ring (bicyclic) bond motifs is 1. The third kappa shape index (κ3) is 2.51. The molecule has 1 unspecified atom stereocenters. The molecular weight excluding hydrogens is 258 g/mol. The molecule has 1 fully saturated rings. The number of rotatable bonds is 3. The Balaban J connectivity index is 1.77. The molecule has 5 heteroatoms. The number of aliphatic carboxylic acids is 1. The number of hydrogen-bond acceptors (Lipinski definition) is 4. The highest BCUT2D eigenvalue weighted by Gasteiger charge is 2.37. The smallest absolute Gasteiger partial charge is 0.321 e. The molecule has 2 aliphatic rings. The van der Waals surface area contributed by atoms with E-state index < -0.39 is 18.1 Å². The predicted octanol–water partition coefficient (Wildman–Crippen LogP) is 1.07. The Hall–Kier alpha value is -1.59. The van der Waals surface area contributed by atoms with Crippen molar-refractivity contribution in [2.45, 2.75) is 30.9 Å². The summed E-state index contributed by atoms with van der Waals surface area (Å²) >= 11 is 0. The minimum absolute atomic E-state index is 0.270. The number of para-hydroxylation sites is 1. The second-order valence-electron chi connectivity index (χ2n) is 5.57. The Morgan fingerprint density at radius 1 is 1.40 bits per heavy atom. The lowest BCUT2D eigenvalue weighted by atomic mass is 9.92. The van der Waals surface area contributed by atoms with Crippen molar-refractivity contribution in [3.05, 3.63) is 29.8 Å². The van der Waals surface area contributed by atoms with Gasteiger partial charge in [0.25, 0.3) is 0 Å². The normalized spacial score (nSPS) is 29.8. The summed E-state index contributed by atoms with van der Waals surface area (Å²) in [5.74, 6) is 0.323. The van der Waals surface area contributed by atoms with Gasteiger partial charge in [0.05, 0.1) is 12.7 Å². The summed E-state index contributed by atoms with van der Waals surface area (Å²) in [6.45, 7) is 1.76. The number of aliphatic hydroxyl groups excluding tert-OH is 1. The molecule has 0 bridgehead atoms. The minimum Gasteiger partial charge on any atom is -0.493 e. The van der Waals surface area contributed by atoms with Gasteiger partial charge in [0.1, 0.15) is 11.8 Å². The number of benzene rings is 1. The zero-order chi connectivity index (χ0) is 14.1. The summed E-state index contributed by atoms with van der Waals surface area (Å²) in [4.78, 5) is 13.2. The number of β-amino-alcohol motifs (C(OH)–C–C–N with tert-alkyl or cyclic N) is 1. The summed E-state index contributed by atoms with van der Waals surface area (Å²) in [5, 5.41) is 19.0. The van der Waals surface area contributed by atoms with Gasteiger partial charge in [-0.2, -0.15) is 0 Å². The first-order chi connectivity index (χ1) is 9.65. The molecule has 0 amide bonds. The molecule has 2 N–H and O–H groups in total. The molecule has 2 heterocycles. The summed E-state index contributed by atoms with van der Waals surface area (Å²) < 4.78 is 5.63. The molecule has 5 nitrogen and oxygen atoms in total. The van der Waals surface area contributed by atoms with Crippen molar-refractivity contribution < 1.29 is 19.7 Å². The molecule has 0 aliphatic carbocycles. The minimum atomic E-state index is -0.845. The second kappa shape index (κ2) is 5.42. The third-order valence-corrected chi connectivity index (χ3v) is 4.20. The Bertz CT molecular complexity index is 504. The largest absolute Gasteiger partial charge is 0.493 e. The topological polar surface area (TPSA) is 70.0 Å². The van der Waals surface area contributed by atoms with Crippen LogP contribution in [0.2, 0.25) is 0 Å². The standard InChI is InChI=1S/C15H19NO4/c17-11-7-13(15(18)19)16(9-11)8-10-5-6-20-14-4-2-1-3-12(10)14/h1-4,10-11,13,17H,5-9H2,(H,18,19)/t10?,11-,13+/m1/s1. The van der Waals surface area contributed by atoms with Gasteiger partial charge in [-0.05, 0) is 18.1 Å². The van der Waals surface area contributed by atoms with Crippen molar-refractivity contribution in [3.63, 3.8) is 0 Å². The molecular formula is C15H19NO4. The number of carboxylic acid groups (broad SMARTS) is 1. The van der Waals surface area contributed by atoms with Crippen LogP contribution in [-0.2, 0) is 4.79 Å². The fourth-order valence-corrected chi connectivity index (χ4v) is 3.23. The van der Waals surface area contributed by atoms with Crippen LogP contribution in [-0.4, -0.2) is 52.9 Å². The van der Waals surface area contributed by atoms with Gasteiger partial charge in [0.2, 0.25) is 0 Å². The molecule has 3 rings (SSSR count). The first kappa shape index (κ1) is 13.4. The maximum atomic E-state index is 11.3. The van der Waals surface area contributed by atoms with Crippen LogP contribution in [0.25, 0.3) is 0 Å². The second-order valence-corrected chi connectivity index (χ2v) is 5.57. The lowest BCUT2D eigenvalue weighted by Crippen LogP contribution is -2.39. The van der Waals surface area contributed by atoms with Gasteiger partial charge in [-0.1, -0.05) is 18.2 Å². The molecule has 0 radical (unpaired) electrons. The Kier molecular flexibility index (Phi) is 3.63. The molecule has 1 saturated heterocycles. The first-order valence-corrected chi connectivity index (χ1v) is 7.02. The van der Waals surface area contributed by atoms with Crippen LogP contribution in [0.1, 0.15) is 24.3 Å². The van der Waals surface area contributed by atoms with E-state index in [1.165, 1.54) is 0 Å². The highest BCUT2D eigenvalue weighted by atomic mass is 16.5. The molecule has 2 aliphatic heterocycles. The third-order valence-electron chi connectivity index (χ3n) is 4.20. The van der Waals surface area contributed by atoms with Gasteiger partial charge < -0.3 is 14.9 Å². The monoisotopic (exact) mass is 277 g/mol. The van der Waals surface area contributed by atoms with Crippen LogP contribution in [0.5, 0.6) is 5.75 Å². The molecule has 20 heavy (non-hydrogen) atoms. The van der Waals surface area contributed by atoms with Gasteiger partial charge >= 0.3 is 5.97 Å². The van der Waals surface area contributed by atoms with Crippen LogP contribution in [0.3, 0.4) is 0 Å². The van der Waals surface area contributed by atoms with Gasteiger partial charge in [0.15, 0.2) is 0 Å². The summed E-state index contributed by atoms with van der Waals surface area (Å²) in [6.07, 6.45) is 0.669. The highest BCUT2D eigenvalue weighted by Crippen LogP contribution is 2.35. The van der Waals surface area contributed by atoms with E-state index in [9.17, 15) is 15.0 Å². The van der Waals surface area contributed by atoms with Crippen molar-refractivity contribution in [2.75, 3.05) is 19.7 Å². The van der Waals surface area contributed by atoms with Crippen molar-refractivity contribution >= 4 is 5.97 Å². The van der Waals surface area contributed by atoms with Gasteiger partial charge in [-0.3, -0.25) is 9.69 Å². The van der Waals surface area contributed by atoms with Gasteiger partial charge in [-0.15, -0.1) is 0 Å². The van der Waals surface area contributed by atoms with E-state index in [-0.39, 0.29) is 5.92 Å². The number of carbonyl (C=O) groups is 1. The Morgan fingerprint density at radius 3 is 3.00 bits per heavy atom. The SMILES string of the molecule is O=C(O)[C@@H]1C[C@@H](O)CN1CC1CCOc2ccccc21. The number of likely N-dealkylation sites (tertiary alicyclic amines) is 1. The van der Waals surface area contributed by atoms with E-state index in [0.717, 1.165) is 17.7 Å². The first-order valence-electron chi connectivity index (χ1n) is 7.02. The summed E-state index contributed by atoms with van der Waals surface area (Å²) in [6, 6.07) is 7.35. The number of aliphatic hydroxyl groups is 1. The van der Waals surface area contributed by atoms with E-state index in [2.05, 4.69) is 0 Å². The number of ether oxygens (including phenoxy) is 1. The van der Waals surface area contributed by atoms with E-state index >= 15 is 0 Å². The van der Waals surface area contributed by atoms with Crippen molar-refractivity contribution in [1.29, 1.82) is 0 Å². The number of nitrogens with zero attached hydrogens (tertiary/aromatic N) is 1. The average Bonchev–Trinajstić information content (AvgIpc) is 2.80. The van der Waals surface area contributed by atoms with Gasteiger partial charge in [0, 0.05) is 25.4 Å². The van der Waals surface area contributed by atoms with Crippen LogP contribution < -0.4 is 4.74 Å². The zero-order valence-electron chi connectivity index (χ0n) is 11.2. The van der Waals surface area contributed by atoms with Crippen molar-refractivity contribution in [2.24, 2.45) is 0 Å². The molecule has 1 aromatic carbocycles. The molecule has 0 aromatic heterocycles. The maximum absolute atomic E-state index is 11.3. The molecule has 3 atom stereocenters. The fraction of sp³-hybridized carbons (Fsp3) is 0.533. The summed E-state index contributed by atoms with van der Waals surface area (Å²) in [7, 11) is 0. The lowest BCUT2D eigenvalue weighted by molar-refractivity contribution is -0.142. The van der Waals surface area contributed by atoms with Crippen LogP contribution >= 0.6 is 0 Å². The summed E-state index contributed by atoms with van der Waals surface area (Å²) in [5.41, 5.74) is 1.14. The van der Waals surface area contributed by atoms with Crippen molar-refractivity contribution in [1.82, 2.24) is 4.90 Å². The van der Waals surface area contributed by atoms with E-state index in [1.54, 1.807) is 0 Å². The van der Waals surface area contributed by atoms with Gasteiger partial charge in [-0.25, -0.2) is 0 Å². The molecule has 0 saturated carbocycles. The predicted molar refractivity (Wildman–Crippen MR) is 72.9 cm³/mol. The van der Waals surface area contributed by atoms with E-state index in [4.69, 9.17) is 4.74 Å². The Labute approximate surface area is 117 Å².